The van der Waals surface area contributed by atoms with Crippen LogP contribution in [0.25, 0.3) is 0 Å². The van der Waals surface area contributed by atoms with Gasteiger partial charge in [-0.1, -0.05) is 0 Å². The summed E-state index contributed by atoms with van der Waals surface area (Å²) in [4.78, 5) is 43.0. The van der Waals surface area contributed by atoms with Gasteiger partial charge in [0.2, 0.25) is 0 Å². The van der Waals surface area contributed by atoms with Crippen molar-refractivity contribution in [2.45, 2.75) is 20.3 Å². The highest BCUT2D eigenvalue weighted by Gasteiger charge is 2.32. The summed E-state index contributed by atoms with van der Waals surface area (Å²) in [5.41, 5.74) is 0. The minimum Gasteiger partial charge on any atom is -0.481 e. The predicted octanol–water partition coefficient (Wildman–Crippen LogP) is -0.0439. The molecule has 0 rings (SSSR count). The lowest BCUT2D eigenvalue weighted by atomic mass is 9.89. The smallest absolute Gasteiger partial charge is 0.314 e. The van der Waals surface area contributed by atoms with E-state index in [0.717, 1.165) is 13.8 Å². The molecule has 0 radical (unpaired) electrons. The molecule has 6 nitrogen and oxygen atoms in total. The molecule has 6 heteroatoms. The first kappa shape index (κ1) is 13.3. The highest BCUT2D eigenvalue weighted by Crippen LogP contribution is 2.15. The third-order valence-corrected chi connectivity index (χ3v) is 2.05. The molecule has 0 spiro atoms. The van der Waals surface area contributed by atoms with Crippen LogP contribution in [-0.4, -0.2) is 33.7 Å². The Morgan fingerprint density at radius 1 is 0.867 bits per heavy atom. The van der Waals surface area contributed by atoms with E-state index in [1.54, 1.807) is 0 Å². The molecule has 0 bridgehead atoms. The quantitative estimate of drug-likeness (QED) is 0.603. The van der Waals surface area contributed by atoms with Crippen molar-refractivity contribution in [3.63, 3.8) is 0 Å². The van der Waals surface area contributed by atoms with Gasteiger partial charge in [0.15, 0.2) is 0 Å². The summed E-state index contributed by atoms with van der Waals surface area (Å²) < 4.78 is 0. The number of hydrogen-bond acceptors (Lipinski definition) is 4. The number of rotatable bonds is 6. The van der Waals surface area contributed by atoms with Crippen LogP contribution < -0.4 is 0 Å². The summed E-state index contributed by atoms with van der Waals surface area (Å²) in [5.74, 6) is -7.00. The topological polar surface area (TPSA) is 109 Å². The van der Waals surface area contributed by atoms with Gasteiger partial charge in [-0.25, -0.2) is 0 Å². The number of carbonyl (C=O) groups excluding carboxylic acids is 2. The van der Waals surface area contributed by atoms with Crippen molar-refractivity contribution >= 4 is 23.5 Å². The Bertz CT molecular complexity index is 248. The number of ketones is 2. The maximum absolute atomic E-state index is 10.9. The fourth-order valence-electron chi connectivity index (χ4n) is 1.12. The minimum atomic E-state index is -1.44. The van der Waals surface area contributed by atoms with E-state index in [2.05, 4.69) is 0 Å². The molecule has 15 heavy (non-hydrogen) atoms. The van der Waals surface area contributed by atoms with E-state index in [0.29, 0.717) is 0 Å². The van der Waals surface area contributed by atoms with Crippen LogP contribution >= 0.6 is 0 Å². The van der Waals surface area contributed by atoms with Crippen LogP contribution in [0.1, 0.15) is 20.3 Å². The predicted molar refractivity (Wildman–Crippen MR) is 48.2 cm³/mol. The van der Waals surface area contributed by atoms with Crippen molar-refractivity contribution in [2.75, 3.05) is 0 Å². The van der Waals surface area contributed by atoms with Gasteiger partial charge in [-0.15, -0.1) is 0 Å². The summed E-state index contributed by atoms with van der Waals surface area (Å²) in [5, 5.41) is 17.3. The zero-order valence-corrected chi connectivity index (χ0v) is 8.39. The summed E-state index contributed by atoms with van der Waals surface area (Å²) in [6.07, 6.45) is -0.491. The second-order valence-corrected chi connectivity index (χ2v) is 3.24. The third-order valence-electron chi connectivity index (χ3n) is 2.05. The normalized spacial score (nSPS) is 14.0. The van der Waals surface area contributed by atoms with E-state index in [9.17, 15) is 19.2 Å². The second kappa shape index (κ2) is 5.23. The van der Waals surface area contributed by atoms with E-state index >= 15 is 0 Å². The standard InChI is InChI=1S/C9H12O6/c1-4(10)6(8(12)13)3-7(5(2)11)9(14)15/h6-7H,3H2,1-2H3,(H,12,13)(H,14,15). The Kier molecular flexibility index (Phi) is 4.63. The number of carbonyl (C=O) groups is 4. The molecule has 0 fully saturated rings. The van der Waals surface area contributed by atoms with Gasteiger partial charge in [-0.05, 0) is 20.3 Å². The van der Waals surface area contributed by atoms with Crippen LogP contribution in [0.15, 0.2) is 0 Å². The fourth-order valence-corrected chi connectivity index (χ4v) is 1.12. The van der Waals surface area contributed by atoms with Crippen LogP contribution in [0.2, 0.25) is 0 Å². The molecular weight excluding hydrogens is 204 g/mol. The summed E-state index contributed by atoms with van der Waals surface area (Å²) >= 11 is 0. The molecule has 0 heterocycles. The first-order chi connectivity index (χ1) is 6.77. The van der Waals surface area contributed by atoms with Gasteiger partial charge >= 0.3 is 11.9 Å². The van der Waals surface area contributed by atoms with Crippen molar-refractivity contribution in [3.8, 4) is 0 Å². The molecule has 0 saturated carbocycles. The van der Waals surface area contributed by atoms with Crippen molar-refractivity contribution in [1.82, 2.24) is 0 Å². The van der Waals surface area contributed by atoms with Gasteiger partial charge in [0, 0.05) is 0 Å². The van der Waals surface area contributed by atoms with Crippen molar-refractivity contribution < 1.29 is 29.4 Å². The lowest BCUT2D eigenvalue weighted by Crippen LogP contribution is -2.30. The van der Waals surface area contributed by atoms with E-state index in [-0.39, 0.29) is 0 Å². The maximum atomic E-state index is 10.9. The van der Waals surface area contributed by atoms with Crippen molar-refractivity contribution in [3.05, 3.63) is 0 Å². The van der Waals surface area contributed by atoms with Crippen LogP contribution in [0, 0.1) is 11.8 Å². The molecule has 84 valence electrons. The van der Waals surface area contributed by atoms with Crippen LogP contribution in [0.5, 0.6) is 0 Å². The number of carboxylic acid groups (broad SMARTS) is 2. The van der Waals surface area contributed by atoms with Gasteiger partial charge in [0.05, 0.1) is 0 Å². The lowest BCUT2D eigenvalue weighted by Gasteiger charge is -2.12. The molecule has 0 aromatic carbocycles. The van der Waals surface area contributed by atoms with E-state index in [4.69, 9.17) is 10.2 Å². The van der Waals surface area contributed by atoms with Gasteiger partial charge in [0.1, 0.15) is 23.4 Å². The fraction of sp³-hybridized carbons (Fsp3) is 0.556. The Labute approximate surface area is 85.9 Å². The van der Waals surface area contributed by atoms with Crippen molar-refractivity contribution in [1.29, 1.82) is 0 Å². The maximum Gasteiger partial charge on any atom is 0.314 e. The average Bonchev–Trinajstić information content (AvgIpc) is 2.01. The van der Waals surface area contributed by atoms with Gasteiger partial charge < -0.3 is 10.2 Å². The van der Waals surface area contributed by atoms with Crippen LogP contribution in [-0.2, 0) is 19.2 Å². The molecule has 0 aliphatic rings. The molecule has 0 aromatic rings. The van der Waals surface area contributed by atoms with Gasteiger partial charge in [-0.3, -0.25) is 19.2 Å². The molecule has 0 saturated heterocycles. The summed E-state index contributed by atoms with van der Waals surface area (Å²) in [6, 6.07) is 0. The molecule has 2 unspecified atom stereocenters. The number of aliphatic carboxylic acids is 2. The van der Waals surface area contributed by atoms with Gasteiger partial charge in [-0.2, -0.15) is 0 Å². The van der Waals surface area contributed by atoms with Crippen LogP contribution in [0.3, 0.4) is 0 Å². The Morgan fingerprint density at radius 2 is 1.13 bits per heavy atom. The van der Waals surface area contributed by atoms with E-state index in [1.807, 2.05) is 0 Å². The van der Waals surface area contributed by atoms with E-state index < -0.39 is 41.8 Å². The minimum absolute atomic E-state index is 0.491. The van der Waals surface area contributed by atoms with Gasteiger partial charge in [0.25, 0.3) is 0 Å². The Balaban J connectivity index is 4.77. The molecule has 0 aliphatic heterocycles. The molecular formula is C9H12O6. The highest BCUT2D eigenvalue weighted by atomic mass is 16.4. The largest absolute Gasteiger partial charge is 0.481 e. The highest BCUT2D eigenvalue weighted by molar-refractivity contribution is 6.01. The average molecular weight is 216 g/mol. The molecule has 2 atom stereocenters. The lowest BCUT2D eigenvalue weighted by molar-refractivity contribution is -0.149. The molecule has 0 aliphatic carbocycles. The molecule has 0 amide bonds. The number of hydrogen-bond donors (Lipinski definition) is 2. The SMILES string of the molecule is CC(=O)C(CC(C(C)=O)C(=O)O)C(=O)O. The summed E-state index contributed by atoms with van der Waals surface area (Å²) in [7, 11) is 0. The molecule has 2 N–H and O–H groups in total. The van der Waals surface area contributed by atoms with Crippen molar-refractivity contribution in [2.24, 2.45) is 11.8 Å². The third kappa shape index (κ3) is 3.88. The monoisotopic (exact) mass is 216 g/mol. The Morgan fingerprint density at radius 3 is 1.27 bits per heavy atom. The van der Waals surface area contributed by atoms with E-state index in [1.165, 1.54) is 0 Å². The number of Topliss-reactive ketones (excluding diaryl/α,β-unsaturated/α-hetero) is 2. The zero-order chi connectivity index (χ0) is 12.2. The number of carboxylic acids is 2. The van der Waals surface area contributed by atoms with Crippen LogP contribution in [0.4, 0.5) is 0 Å². The Hall–Kier alpha value is -1.72. The molecule has 0 aromatic heterocycles. The second-order valence-electron chi connectivity index (χ2n) is 3.24. The first-order valence-electron chi connectivity index (χ1n) is 4.23. The zero-order valence-electron chi connectivity index (χ0n) is 8.39. The summed E-state index contributed by atoms with van der Waals surface area (Å²) in [6.45, 7) is 2.11. The first-order valence-corrected chi connectivity index (χ1v) is 4.23.